The molecule has 0 radical (unpaired) electrons. The molecule has 2 fully saturated rings. The molecule has 1 N–H and O–H groups in total. The summed E-state index contributed by atoms with van der Waals surface area (Å²) in [5.41, 5.74) is 2.48. The summed E-state index contributed by atoms with van der Waals surface area (Å²) in [7, 11) is 1.99. The molecule has 1 saturated heterocycles. The van der Waals surface area contributed by atoms with Gasteiger partial charge in [-0.1, -0.05) is 31.0 Å². The molecule has 29 heavy (non-hydrogen) atoms. The van der Waals surface area contributed by atoms with E-state index in [0.29, 0.717) is 12.6 Å². The number of benzene rings is 1. The van der Waals surface area contributed by atoms with Gasteiger partial charge in [-0.2, -0.15) is 5.10 Å². The molecule has 156 valence electrons. The third-order valence-corrected chi connectivity index (χ3v) is 5.81. The highest BCUT2D eigenvalue weighted by atomic mass is 16.5. The average Bonchev–Trinajstić information content (AvgIpc) is 3.40. The van der Waals surface area contributed by atoms with Crippen LogP contribution in [0.2, 0.25) is 0 Å². The van der Waals surface area contributed by atoms with Crippen molar-refractivity contribution in [1.82, 2.24) is 14.7 Å². The van der Waals surface area contributed by atoms with Crippen LogP contribution in [0.25, 0.3) is 0 Å². The van der Waals surface area contributed by atoms with E-state index in [2.05, 4.69) is 44.5 Å². The number of likely N-dealkylation sites (N-methyl/N-ethyl adjacent to an activating group) is 1. The summed E-state index contributed by atoms with van der Waals surface area (Å²) < 4.78 is 7.46. The van der Waals surface area contributed by atoms with E-state index in [1.54, 1.807) is 6.20 Å². The Bertz CT molecular complexity index is 809. The van der Waals surface area contributed by atoms with Crippen LogP contribution in [-0.4, -0.2) is 60.5 Å². The summed E-state index contributed by atoms with van der Waals surface area (Å²) in [5.74, 6) is 0.806. The van der Waals surface area contributed by atoms with Crippen LogP contribution in [-0.2, 0) is 16.1 Å². The van der Waals surface area contributed by atoms with E-state index in [1.165, 1.54) is 24.1 Å². The zero-order chi connectivity index (χ0) is 20.1. The summed E-state index contributed by atoms with van der Waals surface area (Å²) in [5, 5.41) is 7.49. The Morgan fingerprint density at radius 1 is 1.21 bits per heavy atom. The monoisotopic (exact) mass is 397 g/mol. The van der Waals surface area contributed by atoms with Gasteiger partial charge in [0.2, 0.25) is 5.91 Å². The minimum absolute atomic E-state index is 0.00361. The lowest BCUT2D eigenvalue weighted by Gasteiger charge is -2.31. The second-order valence-corrected chi connectivity index (χ2v) is 8.05. The smallest absolute Gasteiger partial charge is 0.239 e. The summed E-state index contributed by atoms with van der Waals surface area (Å²) in [4.78, 5) is 17.1. The number of ether oxygens (including phenoxy) is 1. The largest absolute Gasteiger partial charge is 0.378 e. The van der Waals surface area contributed by atoms with Gasteiger partial charge in [-0.15, -0.1) is 0 Å². The number of anilines is 2. The van der Waals surface area contributed by atoms with Crippen molar-refractivity contribution < 1.29 is 9.53 Å². The number of carbonyl (C=O) groups excluding carboxylic acids is 1. The van der Waals surface area contributed by atoms with E-state index in [4.69, 9.17) is 4.74 Å². The molecule has 1 aliphatic carbocycles. The maximum absolute atomic E-state index is 12.6. The number of hydrogen-bond donors (Lipinski definition) is 1. The molecule has 4 rings (SSSR count). The van der Waals surface area contributed by atoms with Gasteiger partial charge in [0.1, 0.15) is 5.82 Å². The van der Waals surface area contributed by atoms with E-state index in [0.717, 1.165) is 51.5 Å². The van der Waals surface area contributed by atoms with Gasteiger partial charge < -0.3 is 15.0 Å². The Morgan fingerprint density at radius 3 is 2.76 bits per heavy atom. The lowest BCUT2D eigenvalue weighted by molar-refractivity contribution is -0.117. The first-order valence-electron chi connectivity index (χ1n) is 10.6. The predicted octanol–water partition coefficient (Wildman–Crippen LogP) is 2.91. The zero-order valence-corrected chi connectivity index (χ0v) is 17.2. The Morgan fingerprint density at radius 2 is 1.97 bits per heavy atom. The number of nitrogens with zero attached hydrogens (tertiary/aromatic N) is 4. The molecule has 1 aliphatic heterocycles. The van der Waals surface area contributed by atoms with Crippen molar-refractivity contribution in [2.75, 3.05) is 50.1 Å². The fourth-order valence-corrected chi connectivity index (χ4v) is 4.38. The van der Waals surface area contributed by atoms with Crippen molar-refractivity contribution in [3.8, 4) is 0 Å². The van der Waals surface area contributed by atoms with Crippen LogP contribution < -0.4 is 10.2 Å². The van der Waals surface area contributed by atoms with Crippen molar-refractivity contribution in [3.05, 3.63) is 42.1 Å². The van der Waals surface area contributed by atoms with E-state index in [9.17, 15) is 4.79 Å². The summed E-state index contributed by atoms with van der Waals surface area (Å²) in [6.07, 6.45) is 6.54. The molecule has 7 nitrogen and oxygen atoms in total. The lowest BCUT2D eigenvalue weighted by atomic mass is 10.1. The van der Waals surface area contributed by atoms with Crippen LogP contribution >= 0.6 is 0 Å². The second kappa shape index (κ2) is 9.41. The van der Waals surface area contributed by atoms with Crippen LogP contribution in [0.3, 0.4) is 0 Å². The minimum atomic E-state index is -0.00361. The topological polar surface area (TPSA) is 62.6 Å². The number of morpholine rings is 1. The molecule has 1 aromatic heterocycles. The number of aromatic nitrogens is 2. The fourth-order valence-electron chi connectivity index (χ4n) is 4.38. The van der Waals surface area contributed by atoms with Crippen molar-refractivity contribution in [2.24, 2.45) is 0 Å². The van der Waals surface area contributed by atoms with Crippen molar-refractivity contribution in [2.45, 2.75) is 38.3 Å². The van der Waals surface area contributed by atoms with Crippen LogP contribution in [0.5, 0.6) is 0 Å². The highest BCUT2D eigenvalue weighted by Crippen LogP contribution is 2.31. The van der Waals surface area contributed by atoms with E-state index in [1.807, 2.05) is 17.8 Å². The second-order valence-electron chi connectivity index (χ2n) is 8.05. The summed E-state index contributed by atoms with van der Waals surface area (Å²) in [6.45, 7) is 4.41. The fraction of sp³-hybridized carbons (Fsp3) is 0.545. The number of hydrogen-bond acceptors (Lipinski definition) is 5. The quantitative estimate of drug-likeness (QED) is 0.778. The molecule has 1 aromatic carbocycles. The number of rotatable bonds is 7. The Kier molecular flexibility index (Phi) is 6.46. The third-order valence-electron chi connectivity index (χ3n) is 5.81. The SMILES string of the molecule is CN(CC(=O)Nc1ccnn1C1CCCC1)Cc1ccccc1N1CCOCC1. The number of carbonyl (C=O) groups is 1. The maximum atomic E-state index is 12.6. The normalized spacial score (nSPS) is 17.8. The molecule has 1 saturated carbocycles. The highest BCUT2D eigenvalue weighted by Gasteiger charge is 2.21. The number of amides is 1. The molecular weight excluding hydrogens is 366 g/mol. The first-order valence-corrected chi connectivity index (χ1v) is 10.6. The molecule has 7 heteroatoms. The first kappa shape index (κ1) is 19.9. The van der Waals surface area contributed by atoms with Crippen LogP contribution in [0.15, 0.2) is 36.5 Å². The average molecular weight is 398 g/mol. The van der Waals surface area contributed by atoms with Crippen molar-refractivity contribution in [3.63, 3.8) is 0 Å². The van der Waals surface area contributed by atoms with E-state index in [-0.39, 0.29) is 5.91 Å². The van der Waals surface area contributed by atoms with Gasteiger partial charge in [-0.3, -0.25) is 9.69 Å². The third kappa shape index (κ3) is 4.97. The van der Waals surface area contributed by atoms with Gasteiger partial charge in [0, 0.05) is 31.4 Å². The maximum Gasteiger partial charge on any atom is 0.239 e. The van der Waals surface area contributed by atoms with Crippen LogP contribution in [0.4, 0.5) is 11.5 Å². The molecule has 0 bridgehead atoms. The molecule has 0 atom stereocenters. The first-order chi connectivity index (χ1) is 14.2. The highest BCUT2D eigenvalue weighted by molar-refractivity contribution is 5.91. The number of nitrogens with one attached hydrogen (secondary N) is 1. The van der Waals surface area contributed by atoms with E-state index < -0.39 is 0 Å². The molecule has 0 unspecified atom stereocenters. The van der Waals surface area contributed by atoms with Crippen molar-refractivity contribution in [1.29, 1.82) is 0 Å². The molecule has 2 heterocycles. The van der Waals surface area contributed by atoms with Gasteiger partial charge in [-0.25, -0.2) is 4.68 Å². The molecule has 2 aliphatic rings. The molecule has 0 spiro atoms. The summed E-state index contributed by atoms with van der Waals surface area (Å²) >= 11 is 0. The summed E-state index contributed by atoms with van der Waals surface area (Å²) in [6, 6.07) is 10.8. The molecular formula is C22H31N5O2. The van der Waals surface area contributed by atoms with Gasteiger partial charge in [0.25, 0.3) is 0 Å². The zero-order valence-electron chi connectivity index (χ0n) is 17.2. The Balaban J connectivity index is 1.35. The predicted molar refractivity (Wildman–Crippen MR) is 114 cm³/mol. The van der Waals surface area contributed by atoms with Crippen molar-refractivity contribution >= 4 is 17.4 Å². The van der Waals surface area contributed by atoms with Gasteiger partial charge in [0.15, 0.2) is 0 Å². The Hall–Kier alpha value is -2.38. The minimum Gasteiger partial charge on any atom is -0.378 e. The molecule has 1 amide bonds. The number of para-hydroxylation sites is 1. The Labute approximate surface area is 172 Å². The van der Waals surface area contributed by atoms with Crippen LogP contribution in [0.1, 0.15) is 37.3 Å². The van der Waals surface area contributed by atoms with Crippen LogP contribution in [0, 0.1) is 0 Å². The standard InChI is InChI=1S/C22H31N5O2/c1-25(16-18-6-2-5-9-20(18)26-12-14-29-15-13-26)17-22(28)24-21-10-11-23-27(21)19-7-3-4-8-19/h2,5-6,9-11,19H,3-4,7-8,12-17H2,1H3,(H,24,28). The van der Waals surface area contributed by atoms with Gasteiger partial charge in [0.05, 0.1) is 32.0 Å². The van der Waals surface area contributed by atoms with Gasteiger partial charge in [-0.05, 0) is 31.5 Å². The lowest BCUT2D eigenvalue weighted by Crippen LogP contribution is -2.37. The van der Waals surface area contributed by atoms with Gasteiger partial charge >= 0.3 is 0 Å². The molecule has 2 aromatic rings. The van der Waals surface area contributed by atoms with E-state index >= 15 is 0 Å².